The van der Waals surface area contributed by atoms with Gasteiger partial charge in [0.25, 0.3) is 0 Å². The normalized spacial score (nSPS) is 17.2. The van der Waals surface area contributed by atoms with Gasteiger partial charge in [0.2, 0.25) is 0 Å². The minimum atomic E-state index is -1.41. The number of rotatable bonds is 7. The molecular formula is C27H25FO5. The van der Waals surface area contributed by atoms with Crippen LogP contribution in [0, 0.1) is 11.2 Å². The van der Waals surface area contributed by atoms with Gasteiger partial charge in [-0.25, -0.2) is 4.39 Å². The average Bonchev–Trinajstić information content (AvgIpc) is 2.83. The van der Waals surface area contributed by atoms with E-state index in [1.807, 2.05) is 12.1 Å². The zero-order valence-electron chi connectivity index (χ0n) is 18.6. The number of hydrogen-bond acceptors (Lipinski definition) is 5. The van der Waals surface area contributed by atoms with Crippen LogP contribution in [0.2, 0.25) is 0 Å². The summed E-state index contributed by atoms with van der Waals surface area (Å²) in [6.07, 6.45) is 0.918. The Morgan fingerprint density at radius 3 is 2.55 bits per heavy atom. The predicted octanol–water partition coefficient (Wildman–Crippen LogP) is 5.55. The maximum atomic E-state index is 14.5. The van der Waals surface area contributed by atoms with Crippen molar-refractivity contribution in [2.24, 2.45) is 5.41 Å². The molecule has 1 aliphatic rings. The van der Waals surface area contributed by atoms with Crippen LogP contribution in [0.3, 0.4) is 0 Å². The number of aryl methyl sites for hydroxylation is 1. The van der Waals surface area contributed by atoms with Gasteiger partial charge >= 0.3 is 5.97 Å². The molecule has 3 aromatic carbocycles. The fourth-order valence-electron chi connectivity index (χ4n) is 4.24. The number of Topliss-reactive ketones (excluding diaryl/α,β-unsaturated/α-hetero) is 1. The van der Waals surface area contributed by atoms with Gasteiger partial charge in [0, 0.05) is 5.56 Å². The van der Waals surface area contributed by atoms with Crippen LogP contribution >= 0.6 is 0 Å². The van der Waals surface area contributed by atoms with Crippen molar-refractivity contribution in [2.45, 2.75) is 26.2 Å². The van der Waals surface area contributed by atoms with Crippen molar-refractivity contribution >= 4 is 11.8 Å². The molecule has 170 valence electrons. The van der Waals surface area contributed by atoms with Gasteiger partial charge in [-0.05, 0) is 73.7 Å². The van der Waals surface area contributed by atoms with Crippen LogP contribution in [0.5, 0.6) is 17.2 Å². The van der Waals surface area contributed by atoms with Crippen LogP contribution in [0.15, 0.2) is 66.7 Å². The second-order valence-electron chi connectivity index (χ2n) is 8.01. The van der Waals surface area contributed by atoms with Crippen molar-refractivity contribution in [3.8, 4) is 17.2 Å². The summed E-state index contributed by atoms with van der Waals surface area (Å²) in [5, 5.41) is 0. The van der Waals surface area contributed by atoms with E-state index in [1.54, 1.807) is 49.4 Å². The first-order chi connectivity index (χ1) is 16.0. The molecule has 0 N–H and O–H groups in total. The molecule has 1 atom stereocenters. The molecule has 0 aromatic heterocycles. The number of para-hydroxylation sites is 1. The highest BCUT2D eigenvalue weighted by atomic mass is 19.1. The summed E-state index contributed by atoms with van der Waals surface area (Å²) in [4.78, 5) is 26.9. The molecule has 0 heterocycles. The van der Waals surface area contributed by atoms with Crippen LogP contribution < -0.4 is 9.47 Å². The van der Waals surface area contributed by atoms with Crippen molar-refractivity contribution in [1.29, 1.82) is 0 Å². The van der Waals surface area contributed by atoms with E-state index < -0.39 is 17.2 Å². The first kappa shape index (κ1) is 22.5. The maximum absolute atomic E-state index is 14.5. The van der Waals surface area contributed by atoms with Crippen LogP contribution in [0.4, 0.5) is 4.39 Å². The number of benzene rings is 3. The lowest BCUT2D eigenvalue weighted by Crippen LogP contribution is -2.46. The Kier molecular flexibility index (Phi) is 6.45. The van der Waals surface area contributed by atoms with Crippen LogP contribution in [-0.4, -0.2) is 25.5 Å². The third kappa shape index (κ3) is 4.46. The van der Waals surface area contributed by atoms with E-state index in [-0.39, 0.29) is 24.6 Å². The molecule has 0 spiro atoms. The highest BCUT2D eigenvalue weighted by molar-refractivity contribution is 6.14. The number of ether oxygens (including phenoxy) is 3. The summed E-state index contributed by atoms with van der Waals surface area (Å²) in [5.41, 5.74) is 0.525. The molecular weight excluding hydrogens is 423 g/mol. The lowest BCUT2D eigenvalue weighted by atomic mass is 9.67. The number of halogens is 1. The Morgan fingerprint density at radius 2 is 1.82 bits per heavy atom. The number of esters is 1. The second-order valence-corrected chi connectivity index (χ2v) is 8.01. The van der Waals surface area contributed by atoms with E-state index in [0.29, 0.717) is 35.5 Å². The highest BCUT2D eigenvalue weighted by Gasteiger charge is 2.50. The molecule has 1 aliphatic carbocycles. The predicted molar refractivity (Wildman–Crippen MR) is 121 cm³/mol. The molecule has 0 fully saturated rings. The van der Waals surface area contributed by atoms with Crippen molar-refractivity contribution in [3.63, 3.8) is 0 Å². The zero-order chi connectivity index (χ0) is 23.4. The lowest BCUT2D eigenvalue weighted by molar-refractivity contribution is -0.152. The molecule has 1 unspecified atom stereocenters. The van der Waals surface area contributed by atoms with Gasteiger partial charge in [0.15, 0.2) is 17.3 Å². The summed E-state index contributed by atoms with van der Waals surface area (Å²) in [7, 11) is 1.53. The Morgan fingerprint density at radius 1 is 1.03 bits per heavy atom. The number of carbonyl (C=O) groups excluding carboxylic acids is 2. The highest BCUT2D eigenvalue weighted by Crippen LogP contribution is 2.41. The Hall–Kier alpha value is -3.67. The molecule has 6 heteroatoms. The van der Waals surface area contributed by atoms with Gasteiger partial charge in [-0.15, -0.1) is 0 Å². The smallest absolute Gasteiger partial charge is 0.320 e. The van der Waals surface area contributed by atoms with Gasteiger partial charge in [-0.1, -0.05) is 30.3 Å². The first-order valence-corrected chi connectivity index (χ1v) is 10.9. The van der Waals surface area contributed by atoms with Crippen LogP contribution in [-0.2, 0) is 22.4 Å². The van der Waals surface area contributed by atoms with E-state index in [4.69, 9.17) is 14.2 Å². The van der Waals surface area contributed by atoms with E-state index in [1.165, 1.54) is 19.2 Å². The van der Waals surface area contributed by atoms with E-state index >= 15 is 0 Å². The molecule has 0 bridgehead atoms. The fourth-order valence-corrected chi connectivity index (χ4v) is 4.24. The van der Waals surface area contributed by atoms with Crippen molar-refractivity contribution < 1.29 is 28.2 Å². The summed E-state index contributed by atoms with van der Waals surface area (Å²) in [6.45, 7) is 1.87. The fraction of sp³-hybridized carbons (Fsp3) is 0.259. The summed E-state index contributed by atoms with van der Waals surface area (Å²) in [5.74, 6) is -0.347. The second kappa shape index (κ2) is 9.45. The summed E-state index contributed by atoms with van der Waals surface area (Å²) >= 11 is 0. The molecule has 0 aliphatic heterocycles. The Bertz CT molecular complexity index is 1170. The minimum absolute atomic E-state index is 0.0306. The molecule has 0 saturated heterocycles. The Balaban J connectivity index is 1.71. The largest absolute Gasteiger partial charge is 0.497 e. The Labute approximate surface area is 192 Å². The number of ketones is 1. The minimum Gasteiger partial charge on any atom is -0.497 e. The van der Waals surface area contributed by atoms with Crippen LogP contribution in [0.25, 0.3) is 0 Å². The number of fused-ring (bicyclic) bond motifs is 1. The monoisotopic (exact) mass is 448 g/mol. The van der Waals surface area contributed by atoms with E-state index in [2.05, 4.69) is 0 Å². The SMILES string of the molecule is CCOC(=O)C1(Cc2ccc(F)c(Oc3ccccc3)c2)CCc2ccc(OC)cc2C1=O. The van der Waals surface area contributed by atoms with Gasteiger partial charge in [0.1, 0.15) is 16.9 Å². The molecule has 5 nitrogen and oxygen atoms in total. The van der Waals surface area contributed by atoms with Crippen molar-refractivity contribution in [2.75, 3.05) is 13.7 Å². The quantitative estimate of drug-likeness (QED) is 0.350. The number of methoxy groups -OCH3 is 1. The molecule has 0 saturated carbocycles. The van der Waals surface area contributed by atoms with Gasteiger partial charge in [-0.3, -0.25) is 9.59 Å². The molecule has 0 amide bonds. The number of carbonyl (C=O) groups is 2. The third-order valence-electron chi connectivity index (χ3n) is 5.96. The maximum Gasteiger partial charge on any atom is 0.320 e. The zero-order valence-corrected chi connectivity index (χ0v) is 18.6. The van der Waals surface area contributed by atoms with E-state index in [0.717, 1.165) is 5.56 Å². The lowest BCUT2D eigenvalue weighted by Gasteiger charge is -2.34. The van der Waals surface area contributed by atoms with Crippen molar-refractivity contribution in [3.05, 3.63) is 89.2 Å². The van der Waals surface area contributed by atoms with Crippen LogP contribution in [0.1, 0.15) is 34.8 Å². The first-order valence-electron chi connectivity index (χ1n) is 10.9. The molecule has 4 rings (SSSR count). The summed E-state index contributed by atoms with van der Waals surface area (Å²) in [6, 6.07) is 18.6. The standard InChI is InChI=1S/C27H25FO5/c1-3-32-26(30)27(14-13-19-10-11-21(31-2)16-22(19)25(27)29)17-18-9-12-23(28)24(15-18)33-20-7-5-4-6-8-20/h4-12,15-16H,3,13-14,17H2,1-2H3. The average molecular weight is 448 g/mol. The molecule has 3 aromatic rings. The third-order valence-corrected chi connectivity index (χ3v) is 5.96. The summed E-state index contributed by atoms with van der Waals surface area (Å²) < 4.78 is 30.8. The molecule has 0 radical (unpaired) electrons. The number of hydrogen-bond donors (Lipinski definition) is 0. The van der Waals surface area contributed by atoms with Gasteiger partial charge in [0.05, 0.1) is 13.7 Å². The van der Waals surface area contributed by atoms with E-state index in [9.17, 15) is 14.0 Å². The van der Waals surface area contributed by atoms with Gasteiger partial charge in [-0.2, -0.15) is 0 Å². The topological polar surface area (TPSA) is 61.8 Å². The molecule has 33 heavy (non-hydrogen) atoms. The van der Waals surface area contributed by atoms with Crippen molar-refractivity contribution in [1.82, 2.24) is 0 Å². The van der Waals surface area contributed by atoms with Gasteiger partial charge < -0.3 is 14.2 Å².